The lowest BCUT2D eigenvalue weighted by atomic mass is 10.0. The van der Waals surface area contributed by atoms with Crippen molar-refractivity contribution in [3.05, 3.63) is 0 Å². The second-order valence-corrected chi connectivity index (χ2v) is 2.64. The lowest BCUT2D eigenvalue weighted by Crippen LogP contribution is -2.12. The molecule has 1 unspecified atom stereocenters. The fourth-order valence-corrected chi connectivity index (χ4v) is 0.648. The summed E-state index contributed by atoms with van der Waals surface area (Å²) in [6.07, 6.45) is 2.86. The van der Waals surface area contributed by atoms with Gasteiger partial charge in [-0.1, -0.05) is 25.4 Å². The van der Waals surface area contributed by atoms with Gasteiger partial charge in [-0.05, 0) is 12.3 Å². The van der Waals surface area contributed by atoms with Crippen LogP contribution in [0.15, 0.2) is 5.16 Å². The molecule has 3 heteroatoms. The van der Waals surface area contributed by atoms with Gasteiger partial charge in [-0.3, -0.25) is 0 Å². The smallest absolute Gasteiger partial charge is 0.139 e. The molecule has 0 spiro atoms. The van der Waals surface area contributed by atoms with Crippen LogP contribution in [0.25, 0.3) is 0 Å². The van der Waals surface area contributed by atoms with Gasteiger partial charge < -0.3 is 10.9 Å². The van der Waals surface area contributed by atoms with Gasteiger partial charge in [0.1, 0.15) is 5.84 Å². The van der Waals surface area contributed by atoms with E-state index in [0.29, 0.717) is 18.2 Å². The Kier molecular flexibility index (Phi) is 4.72. The monoisotopic (exact) mass is 144 g/mol. The van der Waals surface area contributed by atoms with Gasteiger partial charge in [0.25, 0.3) is 0 Å². The van der Waals surface area contributed by atoms with E-state index in [-0.39, 0.29) is 0 Å². The Bertz CT molecular complexity index is 112. The van der Waals surface area contributed by atoms with Gasteiger partial charge in [-0.25, -0.2) is 0 Å². The van der Waals surface area contributed by atoms with Crippen LogP contribution >= 0.6 is 0 Å². The van der Waals surface area contributed by atoms with E-state index in [1.165, 1.54) is 0 Å². The maximum absolute atomic E-state index is 8.18. The summed E-state index contributed by atoms with van der Waals surface area (Å²) in [6, 6.07) is 0. The van der Waals surface area contributed by atoms with Crippen molar-refractivity contribution < 1.29 is 5.21 Å². The molecule has 0 aliphatic heterocycles. The Balaban J connectivity index is 3.35. The minimum absolute atomic E-state index is 0.334. The molecule has 0 amide bonds. The van der Waals surface area contributed by atoms with E-state index in [9.17, 15) is 0 Å². The highest BCUT2D eigenvalue weighted by Gasteiger charge is 1.99. The molecule has 0 aliphatic rings. The number of hydrogen-bond acceptors (Lipinski definition) is 2. The van der Waals surface area contributed by atoms with Crippen molar-refractivity contribution in [1.29, 1.82) is 0 Å². The molecule has 0 radical (unpaired) electrons. The normalized spacial score (nSPS) is 15.2. The van der Waals surface area contributed by atoms with E-state index < -0.39 is 0 Å². The zero-order valence-electron chi connectivity index (χ0n) is 6.67. The molecule has 0 bridgehead atoms. The molecule has 0 aromatic heterocycles. The van der Waals surface area contributed by atoms with Crippen molar-refractivity contribution in [1.82, 2.24) is 0 Å². The molecule has 0 aromatic rings. The minimum atomic E-state index is 0.334. The maximum Gasteiger partial charge on any atom is 0.139 e. The second kappa shape index (κ2) is 5.09. The number of amidine groups is 1. The highest BCUT2D eigenvalue weighted by molar-refractivity contribution is 5.79. The topological polar surface area (TPSA) is 58.6 Å². The predicted molar refractivity (Wildman–Crippen MR) is 42.1 cm³/mol. The van der Waals surface area contributed by atoms with Crippen LogP contribution in [-0.2, 0) is 0 Å². The molecule has 0 heterocycles. The number of nitrogens with zero attached hydrogens (tertiary/aromatic N) is 1. The van der Waals surface area contributed by atoms with Crippen molar-refractivity contribution in [2.75, 3.05) is 0 Å². The minimum Gasteiger partial charge on any atom is -0.409 e. The Hall–Kier alpha value is -0.730. The SMILES string of the molecule is CCC(C)CCC(N)=NO. The zero-order chi connectivity index (χ0) is 7.98. The number of hydrogen-bond donors (Lipinski definition) is 2. The van der Waals surface area contributed by atoms with Gasteiger partial charge in [0.05, 0.1) is 0 Å². The summed E-state index contributed by atoms with van der Waals surface area (Å²) in [6.45, 7) is 4.29. The van der Waals surface area contributed by atoms with Crippen LogP contribution < -0.4 is 5.73 Å². The van der Waals surface area contributed by atoms with Gasteiger partial charge in [-0.15, -0.1) is 0 Å². The molecule has 3 nitrogen and oxygen atoms in total. The van der Waals surface area contributed by atoms with E-state index >= 15 is 0 Å². The van der Waals surface area contributed by atoms with Crippen molar-refractivity contribution in [3.8, 4) is 0 Å². The summed E-state index contributed by atoms with van der Waals surface area (Å²) in [5.74, 6) is 1.00. The third-order valence-electron chi connectivity index (χ3n) is 1.72. The molecule has 60 valence electrons. The largest absolute Gasteiger partial charge is 0.409 e. The quantitative estimate of drug-likeness (QED) is 0.272. The summed E-state index contributed by atoms with van der Waals surface area (Å²) in [4.78, 5) is 0. The Morgan fingerprint density at radius 2 is 2.30 bits per heavy atom. The molecule has 1 atom stereocenters. The summed E-state index contributed by atoms with van der Waals surface area (Å²) in [5, 5.41) is 11.1. The molecule has 0 saturated heterocycles. The molecule has 3 N–H and O–H groups in total. The molecule has 0 saturated carbocycles. The Morgan fingerprint density at radius 1 is 1.70 bits per heavy atom. The van der Waals surface area contributed by atoms with Gasteiger partial charge in [-0.2, -0.15) is 0 Å². The van der Waals surface area contributed by atoms with Crippen LogP contribution in [0, 0.1) is 5.92 Å². The highest BCUT2D eigenvalue weighted by atomic mass is 16.4. The lowest BCUT2D eigenvalue weighted by Gasteiger charge is -2.05. The maximum atomic E-state index is 8.18. The molecule has 0 aromatic carbocycles. The molecule has 10 heavy (non-hydrogen) atoms. The zero-order valence-corrected chi connectivity index (χ0v) is 6.67. The molecule has 0 fully saturated rings. The van der Waals surface area contributed by atoms with Crippen LogP contribution in [0.2, 0.25) is 0 Å². The standard InChI is InChI=1S/C7H16N2O/c1-3-6(2)4-5-7(8)9-10/h6,10H,3-5H2,1-2H3,(H2,8,9). The van der Waals surface area contributed by atoms with Crippen LogP contribution in [-0.4, -0.2) is 11.0 Å². The summed E-state index contributed by atoms with van der Waals surface area (Å²) in [7, 11) is 0. The van der Waals surface area contributed by atoms with E-state index in [1.807, 2.05) is 0 Å². The van der Waals surface area contributed by atoms with E-state index in [1.54, 1.807) is 0 Å². The van der Waals surface area contributed by atoms with Crippen molar-refractivity contribution in [3.63, 3.8) is 0 Å². The molecular weight excluding hydrogens is 128 g/mol. The third-order valence-corrected chi connectivity index (χ3v) is 1.72. The predicted octanol–water partition coefficient (Wildman–Crippen LogP) is 1.56. The summed E-state index contributed by atoms with van der Waals surface area (Å²) >= 11 is 0. The van der Waals surface area contributed by atoms with Crippen LogP contribution in [0.4, 0.5) is 0 Å². The second-order valence-electron chi connectivity index (χ2n) is 2.64. The van der Waals surface area contributed by atoms with E-state index in [2.05, 4.69) is 19.0 Å². The van der Waals surface area contributed by atoms with Gasteiger partial charge in [0.2, 0.25) is 0 Å². The average Bonchev–Trinajstić information content (AvgIpc) is 1.99. The number of rotatable bonds is 4. The fraction of sp³-hybridized carbons (Fsp3) is 0.857. The van der Waals surface area contributed by atoms with E-state index in [0.717, 1.165) is 12.8 Å². The molecule has 0 aliphatic carbocycles. The van der Waals surface area contributed by atoms with Crippen LogP contribution in [0.5, 0.6) is 0 Å². The first-order valence-electron chi connectivity index (χ1n) is 3.67. The fourth-order valence-electron chi connectivity index (χ4n) is 0.648. The average molecular weight is 144 g/mol. The summed E-state index contributed by atoms with van der Waals surface area (Å²) < 4.78 is 0. The first kappa shape index (κ1) is 9.27. The number of nitrogens with two attached hydrogens (primary N) is 1. The highest BCUT2D eigenvalue weighted by Crippen LogP contribution is 2.08. The first-order chi connectivity index (χ1) is 4.70. The summed E-state index contributed by atoms with van der Waals surface area (Å²) in [5.41, 5.74) is 5.28. The van der Waals surface area contributed by atoms with Crippen molar-refractivity contribution >= 4 is 5.84 Å². The molecular formula is C7H16N2O. The van der Waals surface area contributed by atoms with Gasteiger partial charge >= 0.3 is 0 Å². The van der Waals surface area contributed by atoms with Crippen LogP contribution in [0.3, 0.4) is 0 Å². The van der Waals surface area contributed by atoms with Crippen LogP contribution in [0.1, 0.15) is 33.1 Å². The third kappa shape index (κ3) is 4.18. The van der Waals surface area contributed by atoms with Crippen molar-refractivity contribution in [2.45, 2.75) is 33.1 Å². The molecule has 0 rings (SSSR count). The first-order valence-corrected chi connectivity index (χ1v) is 3.67. The Morgan fingerprint density at radius 3 is 2.70 bits per heavy atom. The lowest BCUT2D eigenvalue weighted by molar-refractivity contribution is 0.316. The van der Waals surface area contributed by atoms with Crippen molar-refractivity contribution in [2.24, 2.45) is 16.8 Å². The Labute approximate surface area is 61.9 Å². The van der Waals surface area contributed by atoms with E-state index in [4.69, 9.17) is 10.9 Å². The van der Waals surface area contributed by atoms with Gasteiger partial charge in [0, 0.05) is 6.42 Å². The number of oxime groups is 1. The van der Waals surface area contributed by atoms with Gasteiger partial charge in [0.15, 0.2) is 0 Å².